The number of imidazole rings is 1. The fourth-order valence-corrected chi connectivity index (χ4v) is 4.28. The van der Waals surface area contributed by atoms with E-state index in [9.17, 15) is 10.1 Å². The highest BCUT2D eigenvalue weighted by Crippen LogP contribution is 2.41. The summed E-state index contributed by atoms with van der Waals surface area (Å²) in [7, 11) is 0. The van der Waals surface area contributed by atoms with E-state index in [1.54, 1.807) is 0 Å². The highest BCUT2D eigenvalue weighted by molar-refractivity contribution is 7.99. The van der Waals surface area contributed by atoms with E-state index in [2.05, 4.69) is 21.4 Å². The first kappa shape index (κ1) is 20.6. The number of furan rings is 1. The van der Waals surface area contributed by atoms with E-state index in [1.165, 1.54) is 11.8 Å². The Balaban J connectivity index is 1.43. The molecule has 2 N–H and O–H groups in total. The zero-order valence-electron chi connectivity index (χ0n) is 17.4. The number of aromatic amines is 1. The van der Waals surface area contributed by atoms with Gasteiger partial charge in [-0.1, -0.05) is 84.6 Å². The summed E-state index contributed by atoms with van der Waals surface area (Å²) in [6.07, 6.45) is 0. The molecule has 0 saturated carbocycles. The van der Waals surface area contributed by atoms with Crippen molar-refractivity contribution < 1.29 is 9.21 Å². The van der Waals surface area contributed by atoms with E-state index < -0.39 is 0 Å². The number of thioether (sulfide) groups is 1. The number of rotatable bonds is 6. The van der Waals surface area contributed by atoms with Gasteiger partial charge < -0.3 is 9.40 Å². The molecule has 0 spiro atoms. The molecule has 2 heterocycles. The quantitative estimate of drug-likeness (QED) is 0.305. The molecule has 5 rings (SSSR count). The molecule has 6 nitrogen and oxygen atoms in total. The summed E-state index contributed by atoms with van der Waals surface area (Å²) < 4.78 is 6.06. The van der Waals surface area contributed by atoms with Gasteiger partial charge in [-0.2, -0.15) is 5.26 Å². The average molecular weight is 451 g/mol. The molecule has 7 heteroatoms. The molecule has 0 radical (unpaired) electrons. The molecule has 160 valence electrons. The molecule has 1 amide bonds. The van der Waals surface area contributed by atoms with Crippen LogP contribution in [0.2, 0.25) is 0 Å². The van der Waals surface area contributed by atoms with Gasteiger partial charge in [-0.15, -0.1) is 0 Å². The van der Waals surface area contributed by atoms with Crippen LogP contribution in [0, 0.1) is 11.3 Å². The number of benzene rings is 3. The van der Waals surface area contributed by atoms with Crippen molar-refractivity contribution in [3.05, 3.63) is 90.5 Å². The van der Waals surface area contributed by atoms with Crippen LogP contribution in [0.5, 0.6) is 0 Å². The molecule has 33 heavy (non-hydrogen) atoms. The zero-order chi connectivity index (χ0) is 22.6. The number of fused-ring (bicyclic) bond motifs is 1. The Morgan fingerprint density at radius 3 is 2.33 bits per heavy atom. The van der Waals surface area contributed by atoms with E-state index in [0.717, 1.165) is 22.2 Å². The predicted octanol–water partition coefficient (Wildman–Crippen LogP) is 6.09. The molecule has 0 atom stereocenters. The smallest absolute Gasteiger partial charge is 0.237 e. The predicted molar refractivity (Wildman–Crippen MR) is 130 cm³/mol. The van der Waals surface area contributed by atoms with Gasteiger partial charge in [0.25, 0.3) is 0 Å². The Kier molecular flexibility index (Phi) is 5.66. The number of anilines is 1. The molecule has 3 aromatic carbocycles. The monoisotopic (exact) mass is 450 g/mol. The van der Waals surface area contributed by atoms with Crippen LogP contribution in [-0.4, -0.2) is 21.6 Å². The minimum atomic E-state index is -0.287. The fourth-order valence-electron chi connectivity index (χ4n) is 3.59. The molecule has 0 fully saturated rings. The summed E-state index contributed by atoms with van der Waals surface area (Å²) in [6.45, 7) is 0. The van der Waals surface area contributed by atoms with Crippen molar-refractivity contribution in [2.45, 2.75) is 5.16 Å². The third-order valence-corrected chi connectivity index (χ3v) is 5.95. The van der Waals surface area contributed by atoms with Crippen LogP contribution in [-0.2, 0) is 4.79 Å². The van der Waals surface area contributed by atoms with Crippen molar-refractivity contribution in [1.82, 2.24) is 9.97 Å². The zero-order valence-corrected chi connectivity index (χ0v) is 18.2. The van der Waals surface area contributed by atoms with Crippen LogP contribution in [0.15, 0.2) is 94.5 Å². The van der Waals surface area contributed by atoms with E-state index >= 15 is 0 Å². The maximum absolute atomic E-state index is 12.7. The maximum Gasteiger partial charge on any atom is 0.237 e. The van der Waals surface area contributed by atoms with E-state index in [0.29, 0.717) is 22.0 Å². The van der Waals surface area contributed by atoms with Gasteiger partial charge in [0.2, 0.25) is 11.8 Å². The van der Waals surface area contributed by atoms with Crippen molar-refractivity contribution in [2.75, 3.05) is 11.1 Å². The molecule has 0 aliphatic heterocycles. The Labute approximate surface area is 194 Å². The third-order valence-electron chi connectivity index (χ3n) is 5.08. The van der Waals surface area contributed by atoms with Crippen molar-refractivity contribution >= 4 is 34.6 Å². The molecule has 0 aliphatic carbocycles. The van der Waals surface area contributed by atoms with Crippen LogP contribution in [0.4, 0.5) is 5.88 Å². The summed E-state index contributed by atoms with van der Waals surface area (Å²) in [5.74, 6) is 0.515. The largest absolute Gasteiger partial charge is 0.438 e. The SMILES string of the molecule is N#Cc1c(NC(=O)CSc2nc3ccccc3[nH]2)oc(-c2ccccc2)c1-c1ccccc1. The average Bonchev–Trinajstić information content (AvgIpc) is 3.44. The molecular weight excluding hydrogens is 432 g/mol. The first-order valence-corrected chi connectivity index (χ1v) is 11.3. The molecule has 0 unspecified atom stereocenters. The van der Waals surface area contributed by atoms with E-state index in [4.69, 9.17) is 4.42 Å². The number of carbonyl (C=O) groups is 1. The van der Waals surface area contributed by atoms with E-state index in [1.807, 2.05) is 84.9 Å². The summed E-state index contributed by atoms with van der Waals surface area (Å²) in [5.41, 5.74) is 4.38. The number of hydrogen-bond donors (Lipinski definition) is 2. The Morgan fingerprint density at radius 1 is 0.970 bits per heavy atom. The summed E-state index contributed by atoms with van der Waals surface area (Å²) in [5, 5.41) is 13.4. The summed E-state index contributed by atoms with van der Waals surface area (Å²) >= 11 is 1.29. The number of hydrogen-bond acceptors (Lipinski definition) is 5. The first-order valence-electron chi connectivity index (χ1n) is 10.3. The minimum Gasteiger partial charge on any atom is -0.438 e. The molecule has 0 saturated heterocycles. The molecule has 0 bridgehead atoms. The molecule has 2 aromatic heterocycles. The number of nitriles is 1. The van der Waals surface area contributed by atoms with Crippen molar-refractivity contribution in [3.8, 4) is 28.5 Å². The number of nitrogens with one attached hydrogen (secondary N) is 2. The van der Waals surface area contributed by atoms with Gasteiger partial charge in [0.15, 0.2) is 5.16 Å². The number of H-pyrrole nitrogens is 1. The van der Waals surface area contributed by atoms with Crippen LogP contribution in [0.1, 0.15) is 5.56 Å². The van der Waals surface area contributed by atoms with Gasteiger partial charge in [0, 0.05) is 11.1 Å². The Bertz CT molecular complexity index is 1430. The lowest BCUT2D eigenvalue weighted by Crippen LogP contribution is -2.14. The van der Waals surface area contributed by atoms with E-state index in [-0.39, 0.29) is 17.5 Å². The van der Waals surface area contributed by atoms with Crippen LogP contribution in [0.25, 0.3) is 33.5 Å². The van der Waals surface area contributed by atoms with Gasteiger partial charge in [-0.25, -0.2) is 4.98 Å². The number of aromatic nitrogens is 2. The highest BCUT2D eigenvalue weighted by Gasteiger charge is 2.24. The van der Waals surface area contributed by atoms with Crippen molar-refractivity contribution in [3.63, 3.8) is 0 Å². The molecular formula is C26H18N4O2S. The minimum absolute atomic E-state index is 0.118. The van der Waals surface area contributed by atoms with Crippen molar-refractivity contribution in [2.24, 2.45) is 0 Å². The van der Waals surface area contributed by atoms with Crippen LogP contribution >= 0.6 is 11.8 Å². The second-order valence-corrected chi connectivity index (χ2v) is 8.21. The van der Waals surface area contributed by atoms with Crippen LogP contribution < -0.4 is 5.32 Å². The Morgan fingerprint density at radius 2 is 1.64 bits per heavy atom. The molecule has 5 aromatic rings. The van der Waals surface area contributed by atoms with Gasteiger partial charge >= 0.3 is 0 Å². The van der Waals surface area contributed by atoms with Gasteiger partial charge in [0.05, 0.1) is 16.8 Å². The fraction of sp³-hybridized carbons (Fsp3) is 0.0385. The number of carbonyl (C=O) groups excluding carboxylic acids is 1. The van der Waals surface area contributed by atoms with Crippen molar-refractivity contribution in [1.29, 1.82) is 5.26 Å². The first-order chi connectivity index (χ1) is 16.2. The summed E-state index contributed by atoms with van der Waals surface area (Å²) in [6, 6.07) is 29.0. The second-order valence-electron chi connectivity index (χ2n) is 7.25. The van der Waals surface area contributed by atoms with Crippen LogP contribution in [0.3, 0.4) is 0 Å². The van der Waals surface area contributed by atoms with Gasteiger partial charge in [-0.05, 0) is 17.7 Å². The summed E-state index contributed by atoms with van der Waals surface area (Å²) in [4.78, 5) is 20.4. The lowest BCUT2D eigenvalue weighted by Gasteiger charge is -2.03. The highest BCUT2D eigenvalue weighted by atomic mass is 32.2. The number of amides is 1. The lowest BCUT2D eigenvalue weighted by molar-refractivity contribution is -0.113. The normalized spacial score (nSPS) is 10.8. The molecule has 0 aliphatic rings. The standard InChI is InChI=1S/C26H18N4O2S/c27-15-19-23(17-9-3-1-4-10-17)24(18-11-5-2-6-12-18)32-25(19)30-22(31)16-33-26-28-20-13-7-8-14-21(20)29-26/h1-14H,16H2,(H,28,29)(H,30,31). The van der Waals surface area contributed by atoms with Gasteiger partial charge in [-0.3, -0.25) is 10.1 Å². The van der Waals surface area contributed by atoms with Gasteiger partial charge in [0.1, 0.15) is 17.4 Å². The lowest BCUT2D eigenvalue weighted by atomic mass is 9.98. The number of nitrogens with zero attached hydrogens (tertiary/aromatic N) is 2. The second kappa shape index (κ2) is 9.07. The Hall–Kier alpha value is -4.28. The number of para-hydroxylation sites is 2. The topological polar surface area (TPSA) is 94.7 Å². The third kappa shape index (κ3) is 4.25. The maximum atomic E-state index is 12.7.